The molecule has 1 amide bonds. The Morgan fingerprint density at radius 3 is 3.04 bits per heavy atom. The van der Waals surface area contributed by atoms with Crippen molar-refractivity contribution < 1.29 is 13.9 Å². The molecule has 0 radical (unpaired) electrons. The largest absolute Gasteiger partial charge is 0.490 e. The number of imidazole rings is 1. The lowest BCUT2D eigenvalue weighted by Gasteiger charge is -2.08. The van der Waals surface area contributed by atoms with Crippen molar-refractivity contribution in [2.24, 2.45) is 0 Å². The van der Waals surface area contributed by atoms with Gasteiger partial charge >= 0.3 is 0 Å². The summed E-state index contributed by atoms with van der Waals surface area (Å²) in [7, 11) is 0. The Balaban J connectivity index is 1.55. The van der Waals surface area contributed by atoms with Crippen molar-refractivity contribution in [3.05, 3.63) is 64.6 Å². The number of nitrogens with one attached hydrogen (secondary N) is 1. The number of rotatable bonds is 3. The molecule has 25 heavy (non-hydrogen) atoms. The molecule has 2 aromatic heterocycles. The average Bonchev–Trinajstić information content (AvgIpc) is 3.11. The standard InChI is InChI=1S/C19H18FN3O2/c1-11-5-6-23-17(7-11)22-12(2)18(23)19(24)21-9-13-3-4-16-14(8-13)15(20)10-25-16/h3-8,15H,9-10H2,1-2H3,(H,21,24). The molecule has 3 heterocycles. The van der Waals surface area contributed by atoms with E-state index in [-0.39, 0.29) is 12.5 Å². The molecule has 0 saturated carbocycles. The highest BCUT2D eigenvalue weighted by Gasteiger charge is 2.24. The van der Waals surface area contributed by atoms with Gasteiger partial charge in [-0.1, -0.05) is 6.07 Å². The molecule has 1 unspecified atom stereocenters. The molecule has 0 bridgehead atoms. The Morgan fingerprint density at radius 2 is 2.20 bits per heavy atom. The summed E-state index contributed by atoms with van der Waals surface area (Å²) in [5, 5.41) is 2.89. The van der Waals surface area contributed by atoms with Gasteiger partial charge in [-0.25, -0.2) is 9.37 Å². The maximum absolute atomic E-state index is 13.8. The molecule has 5 nitrogen and oxygen atoms in total. The normalized spacial score (nSPS) is 15.9. The number of ether oxygens (including phenoxy) is 1. The molecule has 6 heteroatoms. The first kappa shape index (κ1) is 15.6. The van der Waals surface area contributed by atoms with E-state index in [9.17, 15) is 9.18 Å². The Kier molecular flexibility index (Phi) is 3.67. The number of nitrogens with zero attached hydrogens (tertiary/aromatic N) is 2. The predicted octanol–water partition coefficient (Wildman–Crippen LogP) is 3.28. The molecule has 0 aliphatic carbocycles. The molecule has 0 fully saturated rings. The van der Waals surface area contributed by atoms with Crippen LogP contribution in [0.1, 0.15) is 39.0 Å². The van der Waals surface area contributed by atoms with E-state index in [2.05, 4.69) is 10.3 Å². The Bertz CT molecular complexity index is 980. The van der Waals surface area contributed by atoms with E-state index < -0.39 is 6.17 Å². The van der Waals surface area contributed by atoms with Gasteiger partial charge in [0.2, 0.25) is 0 Å². The SMILES string of the molecule is Cc1ccn2c(C(=O)NCc3ccc4c(c3)C(F)CO4)c(C)nc2c1. The van der Waals surface area contributed by atoms with Crippen LogP contribution in [0.2, 0.25) is 0 Å². The first-order valence-corrected chi connectivity index (χ1v) is 8.16. The Labute approximate surface area is 144 Å². The fourth-order valence-electron chi connectivity index (χ4n) is 3.14. The van der Waals surface area contributed by atoms with Crippen molar-refractivity contribution in [2.75, 3.05) is 6.61 Å². The lowest BCUT2D eigenvalue weighted by molar-refractivity contribution is 0.0944. The number of aryl methyl sites for hydroxylation is 2. The second kappa shape index (κ2) is 5.88. The first-order valence-electron chi connectivity index (χ1n) is 8.16. The zero-order valence-corrected chi connectivity index (χ0v) is 14.0. The van der Waals surface area contributed by atoms with Gasteiger partial charge in [0, 0.05) is 18.3 Å². The van der Waals surface area contributed by atoms with Crippen molar-refractivity contribution in [1.29, 1.82) is 0 Å². The Morgan fingerprint density at radius 1 is 1.36 bits per heavy atom. The highest BCUT2D eigenvalue weighted by Crippen LogP contribution is 2.35. The van der Waals surface area contributed by atoms with Crippen LogP contribution in [-0.4, -0.2) is 21.9 Å². The molecule has 0 spiro atoms. The van der Waals surface area contributed by atoms with Gasteiger partial charge in [0.15, 0.2) is 6.17 Å². The van der Waals surface area contributed by atoms with Crippen LogP contribution in [0.25, 0.3) is 5.65 Å². The van der Waals surface area contributed by atoms with E-state index in [0.29, 0.717) is 29.2 Å². The summed E-state index contributed by atoms with van der Waals surface area (Å²) >= 11 is 0. The summed E-state index contributed by atoms with van der Waals surface area (Å²) in [6, 6.07) is 9.21. The maximum Gasteiger partial charge on any atom is 0.270 e. The van der Waals surface area contributed by atoms with Gasteiger partial charge in [0.05, 0.1) is 5.69 Å². The molecular weight excluding hydrogens is 321 g/mol. The third-order valence-corrected chi connectivity index (χ3v) is 4.42. The fourth-order valence-corrected chi connectivity index (χ4v) is 3.14. The summed E-state index contributed by atoms with van der Waals surface area (Å²) in [4.78, 5) is 17.1. The summed E-state index contributed by atoms with van der Waals surface area (Å²) < 4.78 is 20.8. The van der Waals surface area contributed by atoms with E-state index in [1.807, 2.05) is 38.2 Å². The van der Waals surface area contributed by atoms with Crippen LogP contribution >= 0.6 is 0 Å². The number of amides is 1. The van der Waals surface area contributed by atoms with Crippen LogP contribution in [0.5, 0.6) is 5.75 Å². The molecule has 0 saturated heterocycles. The second-order valence-corrected chi connectivity index (χ2v) is 6.31. The average molecular weight is 339 g/mol. The van der Waals surface area contributed by atoms with E-state index in [4.69, 9.17) is 4.74 Å². The smallest absolute Gasteiger partial charge is 0.270 e. The highest BCUT2D eigenvalue weighted by molar-refractivity contribution is 5.94. The third-order valence-electron chi connectivity index (χ3n) is 4.42. The topological polar surface area (TPSA) is 55.6 Å². The number of benzene rings is 1. The summed E-state index contributed by atoms with van der Waals surface area (Å²) in [5.41, 5.74) is 4.41. The van der Waals surface area contributed by atoms with Crippen molar-refractivity contribution in [3.63, 3.8) is 0 Å². The van der Waals surface area contributed by atoms with Crippen LogP contribution in [0.3, 0.4) is 0 Å². The van der Waals surface area contributed by atoms with Crippen molar-refractivity contribution >= 4 is 11.6 Å². The number of pyridine rings is 1. The maximum atomic E-state index is 13.8. The number of carbonyl (C=O) groups is 1. The van der Waals surface area contributed by atoms with Crippen LogP contribution in [0.15, 0.2) is 36.5 Å². The molecule has 1 aliphatic rings. The first-order chi connectivity index (χ1) is 12.0. The lowest BCUT2D eigenvalue weighted by Crippen LogP contribution is -2.25. The van der Waals surface area contributed by atoms with Gasteiger partial charge in [-0.2, -0.15) is 0 Å². The van der Waals surface area contributed by atoms with Gasteiger partial charge in [0.1, 0.15) is 23.7 Å². The van der Waals surface area contributed by atoms with Crippen LogP contribution in [0.4, 0.5) is 4.39 Å². The van der Waals surface area contributed by atoms with Gasteiger partial charge < -0.3 is 10.1 Å². The zero-order valence-electron chi connectivity index (χ0n) is 14.0. The number of alkyl halides is 1. The number of carbonyl (C=O) groups excluding carboxylic acids is 1. The molecule has 4 rings (SSSR count). The quantitative estimate of drug-likeness (QED) is 0.797. The van der Waals surface area contributed by atoms with Crippen molar-refractivity contribution in [2.45, 2.75) is 26.6 Å². The predicted molar refractivity (Wildman–Crippen MR) is 91.6 cm³/mol. The molecule has 3 aromatic rings. The second-order valence-electron chi connectivity index (χ2n) is 6.31. The molecule has 1 aliphatic heterocycles. The van der Waals surface area contributed by atoms with Gasteiger partial charge in [-0.3, -0.25) is 9.20 Å². The van der Waals surface area contributed by atoms with Crippen molar-refractivity contribution in [3.8, 4) is 5.75 Å². The van der Waals surface area contributed by atoms with E-state index in [1.54, 1.807) is 16.5 Å². The minimum Gasteiger partial charge on any atom is -0.490 e. The van der Waals surface area contributed by atoms with Crippen LogP contribution in [-0.2, 0) is 6.54 Å². The molecular formula is C19H18FN3O2. The van der Waals surface area contributed by atoms with Gasteiger partial charge in [-0.05, 0) is 49.2 Å². The molecule has 128 valence electrons. The number of hydrogen-bond acceptors (Lipinski definition) is 3. The van der Waals surface area contributed by atoms with Crippen LogP contribution in [0, 0.1) is 13.8 Å². The number of aromatic nitrogens is 2. The van der Waals surface area contributed by atoms with Gasteiger partial charge in [0.25, 0.3) is 5.91 Å². The lowest BCUT2D eigenvalue weighted by atomic mass is 10.1. The number of hydrogen-bond donors (Lipinski definition) is 1. The molecule has 1 N–H and O–H groups in total. The Hall–Kier alpha value is -2.89. The fraction of sp³-hybridized carbons (Fsp3) is 0.263. The van der Waals surface area contributed by atoms with E-state index in [0.717, 1.165) is 16.8 Å². The highest BCUT2D eigenvalue weighted by atomic mass is 19.1. The molecule has 1 aromatic carbocycles. The van der Waals surface area contributed by atoms with Crippen LogP contribution < -0.4 is 10.1 Å². The van der Waals surface area contributed by atoms with E-state index >= 15 is 0 Å². The number of fused-ring (bicyclic) bond motifs is 2. The summed E-state index contributed by atoms with van der Waals surface area (Å²) in [5.74, 6) is 0.373. The minimum absolute atomic E-state index is 0.0611. The molecule has 1 atom stereocenters. The van der Waals surface area contributed by atoms with Crippen molar-refractivity contribution in [1.82, 2.24) is 14.7 Å². The zero-order chi connectivity index (χ0) is 17.6. The monoisotopic (exact) mass is 339 g/mol. The summed E-state index contributed by atoms with van der Waals surface area (Å²) in [6.45, 7) is 4.18. The van der Waals surface area contributed by atoms with Gasteiger partial charge in [-0.15, -0.1) is 0 Å². The third kappa shape index (κ3) is 2.73. The minimum atomic E-state index is -1.10. The van der Waals surface area contributed by atoms with E-state index in [1.165, 1.54) is 0 Å². The summed E-state index contributed by atoms with van der Waals surface area (Å²) in [6.07, 6.45) is 0.745. The number of halogens is 1.